The summed E-state index contributed by atoms with van der Waals surface area (Å²) in [7, 11) is 0. The third-order valence-electron chi connectivity index (χ3n) is 8.29. The van der Waals surface area contributed by atoms with Gasteiger partial charge in [-0.2, -0.15) is 0 Å². The van der Waals surface area contributed by atoms with Crippen LogP contribution in [-0.4, -0.2) is 22.9 Å². The average molecular weight is 304 g/mol. The molecule has 124 valence electrons. The highest BCUT2D eigenvalue weighted by Crippen LogP contribution is 2.65. The van der Waals surface area contributed by atoms with E-state index in [1.165, 1.54) is 37.7 Å². The van der Waals surface area contributed by atoms with Gasteiger partial charge in [0.1, 0.15) is 0 Å². The van der Waals surface area contributed by atoms with Gasteiger partial charge in [0, 0.05) is 0 Å². The zero-order valence-corrected chi connectivity index (χ0v) is 14.2. The minimum absolute atomic E-state index is 0.0439. The quantitative estimate of drug-likeness (QED) is 0.721. The molecule has 0 spiro atoms. The number of hydrogen-bond acceptors (Lipinski definition) is 2. The summed E-state index contributed by atoms with van der Waals surface area (Å²) in [5.41, 5.74) is 2.10. The molecule has 0 amide bonds. The van der Waals surface area contributed by atoms with Crippen molar-refractivity contribution >= 4 is 0 Å². The molecule has 0 saturated heterocycles. The van der Waals surface area contributed by atoms with Crippen LogP contribution in [0.25, 0.3) is 0 Å². The lowest BCUT2D eigenvalue weighted by molar-refractivity contribution is -0.116. The van der Waals surface area contributed by atoms with Crippen molar-refractivity contribution in [1.82, 2.24) is 0 Å². The molecule has 0 unspecified atom stereocenters. The fraction of sp³-hybridized carbons (Fsp3) is 0.900. The van der Waals surface area contributed by atoms with Crippen LogP contribution in [0, 0.1) is 34.5 Å². The number of rotatable bonds is 1. The monoisotopic (exact) mass is 304 g/mol. The number of aliphatic hydroxyl groups is 2. The number of fused-ring (bicyclic) bond motifs is 5. The second-order valence-electron chi connectivity index (χ2n) is 9.29. The Balaban J connectivity index is 1.61. The predicted molar refractivity (Wildman–Crippen MR) is 88.3 cm³/mol. The smallest absolute Gasteiger partial charge is 0.0642 e. The van der Waals surface area contributed by atoms with E-state index in [1.54, 1.807) is 0 Å². The zero-order valence-electron chi connectivity index (χ0n) is 14.2. The number of hydrogen-bond donors (Lipinski definition) is 2. The third-order valence-corrected chi connectivity index (χ3v) is 8.29. The standard InChI is InChI=1S/C20H32O2/c1-19-7-6-17-16(18(19)9-13(11-19)12-21)4-3-14-10-15(22)5-8-20(14,17)2/h11,14-18,21-22H,3-10,12H2,1-2H3/t14-,15-,16+,17-,18-,19+,20-/m0/s1. The fourth-order valence-corrected chi connectivity index (χ4v) is 7.06. The Morgan fingerprint density at radius 2 is 1.91 bits per heavy atom. The number of allylic oxidation sites excluding steroid dienone is 1. The SMILES string of the molecule is C[C@]12CC[C@H](O)C[C@@H]1CC[C@@H]1[C@@H]2CC[C@]2(C)C=C(CO)C[C@@H]12. The van der Waals surface area contributed by atoms with Gasteiger partial charge in [-0.25, -0.2) is 0 Å². The van der Waals surface area contributed by atoms with Crippen LogP contribution in [0.5, 0.6) is 0 Å². The molecule has 3 saturated carbocycles. The molecule has 2 heteroatoms. The molecular formula is C20H32O2. The van der Waals surface area contributed by atoms with Gasteiger partial charge in [-0.1, -0.05) is 19.9 Å². The van der Waals surface area contributed by atoms with E-state index in [0.717, 1.165) is 42.9 Å². The molecule has 0 aliphatic heterocycles. The second kappa shape index (κ2) is 5.08. The lowest BCUT2D eigenvalue weighted by Crippen LogP contribution is -2.53. The van der Waals surface area contributed by atoms with Gasteiger partial charge in [0.05, 0.1) is 12.7 Å². The Morgan fingerprint density at radius 3 is 2.68 bits per heavy atom. The molecule has 0 heterocycles. The van der Waals surface area contributed by atoms with Gasteiger partial charge in [0.25, 0.3) is 0 Å². The van der Waals surface area contributed by atoms with Crippen LogP contribution in [0.3, 0.4) is 0 Å². The molecule has 22 heavy (non-hydrogen) atoms. The highest BCUT2D eigenvalue weighted by molar-refractivity contribution is 5.23. The molecular weight excluding hydrogens is 272 g/mol. The molecule has 2 N–H and O–H groups in total. The molecule has 4 rings (SSSR count). The lowest BCUT2D eigenvalue weighted by Gasteiger charge is -2.60. The first-order valence-corrected chi connectivity index (χ1v) is 9.46. The van der Waals surface area contributed by atoms with Crippen molar-refractivity contribution in [2.24, 2.45) is 34.5 Å². The highest BCUT2D eigenvalue weighted by Gasteiger charge is 2.57. The summed E-state index contributed by atoms with van der Waals surface area (Å²) in [5, 5.41) is 19.7. The van der Waals surface area contributed by atoms with Gasteiger partial charge in [-0.05, 0) is 91.4 Å². The van der Waals surface area contributed by atoms with E-state index in [1.807, 2.05) is 0 Å². The van der Waals surface area contributed by atoms with E-state index in [4.69, 9.17) is 0 Å². The lowest BCUT2D eigenvalue weighted by atomic mass is 9.45. The van der Waals surface area contributed by atoms with Crippen molar-refractivity contribution in [1.29, 1.82) is 0 Å². The molecule has 4 aliphatic carbocycles. The Bertz CT molecular complexity index is 484. The molecule has 7 atom stereocenters. The van der Waals surface area contributed by atoms with E-state index in [2.05, 4.69) is 19.9 Å². The van der Waals surface area contributed by atoms with E-state index in [9.17, 15) is 10.2 Å². The summed E-state index contributed by atoms with van der Waals surface area (Å²) in [4.78, 5) is 0. The van der Waals surface area contributed by atoms with Crippen molar-refractivity contribution in [3.05, 3.63) is 11.6 Å². The summed E-state index contributed by atoms with van der Waals surface area (Å²) in [5.74, 6) is 3.20. The maximum atomic E-state index is 10.1. The molecule has 0 aromatic heterocycles. The van der Waals surface area contributed by atoms with Crippen LogP contribution >= 0.6 is 0 Å². The summed E-state index contributed by atoms with van der Waals surface area (Å²) < 4.78 is 0. The Labute approximate surface area is 135 Å². The topological polar surface area (TPSA) is 40.5 Å². The molecule has 2 nitrogen and oxygen atoms in total. The molecule has 0 bridgehead atoms. The Hall–Kier alpha value is -0.340. The van der Waals surface area contributed by atoms with Crippen molar-refractivity contribution < 1.29 is 10.2 Å². The molecule has 0 aromatic rings. The molecule has 3 fully saturated rings. The fourth-order valence-electron chi connectivity index (χ4n) is 7.06. The number of aliphatic hydroxyl groups excluding tert-OH is 2. The summed E-state index contributed by atoms with van der Waals surface area (Å²) in [6.07, 6.45) is 12.1. The zero-order chi connectivity index (χ0) is 15.5. The van der Waals surface area contributed by atoms with Crippen molar-refractivity contribution in [2.75, 3.05) is 6.61 Å². The first-order valence-electron chi connectivity index (χ1n) is 9.46. The minimum atomic E-state index is -0.0439. The van der Waals surface area contributed by atoms with Crippen LogP contribution in [-0.2, 0) is 0 Å². The van der Waals surface area contributed by atoms with Crippen LogP contribution in [0.15, 0.2) is 11.6 Å². The minimum Gasteiger partial charge on any atom is -0.393 e. The van der Waals surface area contributed by atoms with E-state index in [-0.39, 0.29) is 12.7 Å². The Morgan fingerprint density at radius 1 is 1.09 bits per heavy atom. The van der Waals surface area contributed by atoms with E-state index >= 15 is 0 Å². The van der Waals surface area contributed by atoms with Gasteiger partial charge in [-0.15, -0.1) is 0 Å². The summed E-state index contributed by atoms with van der Waals surface area (Å²) in [6, 6.07) is 0. The normalized spacial score (nSPS) is 54.2. The summed E-state index contributed by atoms with van der Waals surface area (Å²) in [6.45, 7) is 5.24. The highest BCUT2D eigenvalue weighted by atomic mass is 16.3. The maximum Gasteiger partial charge on any atom is 0.0642 e. The second-order valence-corrected chi connectivity index (χ2v) is 9.29. The van der Waals surface area contributed by atoms with Gasteiger partial charge >= 0.3 is 0 Å². The third kappa shape index (κ3) is 2.06. The Kier molecular flexibility index (Phi) is 3.51. The van der Waals surface area contributed by atoms with Gasteiger partial charge in [-0.3, -0.25) is 0 Å². The van der Waals surface area contributed by atoms with Gasteiger partial charge < -0.3 is 10.2 Å². The van der Waals surface area contributed by atoms with Crippen LogP contribution < -0.4 is 0 Å². The largest absolute Gasteiger partial charge is 0.393 e. The van der Waals surface area contributed by atoms with E-state index in [0.29, 0.717) is 10.8 Å². The maximum absolute atomic E-state index is 10.1. The van der Waals surface area contributed by atoms with Gasteiger partial charge in [0.15, 0.2) is 0 Å². The molecule has 0 aromatic carbocycles. The average Bonchev–Trinajstić information content (AvgIpc) is 2.85. The first kappa shape index (κ1) is 15.2. The van der Waals surface area contributed by atoms with Crippen LogP contribution in [0.4, 0.5) is 0 Å². The molecule has 4 aliphatic rings. The van der Waals surface area contributed by atoms with Crippen molar-refractivity contribution in [3.8, 4) is 0 Å². The van der Waals surface area contributed by atoms with Crippen molar-refractivity contribution in [3.63, 3.8) is 0 Å². The summed E-state index contributed by atoms with van der Waals surface area (Å²) >= 11 is 0. The first-order chi connectivity index (χ1) is 10.5. The van der Waals surface area contributed by atoms with Crippen LogP contribution in [0.2, 0.25) is 0 Å². The van der Waals surface area contributed by atoms with Crippen LogP contribution in [0.1, 0.15) is 65.2 Å². The van der Waals surface area contributed by atoms with Gasteiger partial charge in [0.2, 0.25) is 0 Å². The predicted octanol–water partition coefficient (Wildman–Crippen LogP) is 3.92. The van der Waals surface area contributed by atoms with E-state index < -0.39 is 0 Å². The van der Waals surface area contributed by atoms with Crippen molar-refractivity contribution in [2.45, 2.75) is 71.3 Å². The molecule has 0 radical (unpaired) electrons.